The first kappa shape index (κ1) is 19.6. The number of carbonyl (C=O) groups is 1. The maximum Gasteiger partial charge on any atom is 0.223 e. The standard InChI is InChI=1S/C20H35N3O4/c1-11(24)13-4-3-5-15(8-13)20(25)22-17-10-26-18-9-14(6-7-16(17)18)19-21-12(2)27-23-19/h11-19,21,23-24H,3-10H2,1-2H3,(H,22,25)/t11-,12?,13?,14?,15?,16?,17+,18?,19?/m0/s1. The van der Waals surface area contributed by atoms with Gasteiger partial charge in [-0.15, -0.1) is 0 Å². The van der Waals surface area contributed by atoms with E-state index in [2.05, 4.69) is 16.1 Å². The molecule has 7 nitrogen and oxygen atoms in total. The lowest BCUT2D eigenvalue weighted by Crippen LogP contribution is -2.48. The summed E-state index contributed by atoms with van der Waals surface area (Å²) in [4.78, 5) is 18.2. The number of carbonyl (C=O) groups excluding carboxylic acids is 1. The third-order valence-corrected chi connectivity index (χ3v) is 7.24. The van der Waals surface area contributed by atoms with Crippen LogP contribution in [0.3, 0.4) is 0 Å². The van der Waals surface area contributed by atoms with Gasteiger partial charge < -0.3 is 15.2 Å². The van der Waals surface area contributed by atoms with Crippen molar-refractivity contribution in [3.63, 3.8) is 0 Å². The highest BCUT2D eigenvalue weighted by atomic mass is 16.7. The van der Waals surface area contributed by atoms with Gasteiger partial charge in [0.15, 0.2) is 0 Å². The molecular weight excluding hydrogens is 346 g/mol. The van der Waals surface area contributed by atoms with Gasteiger partial charge in [-0.1, -0.05) is 6.42 Å². The van der Waals surface area contributed by atoms with Gasteiger partial charge in [0.1, 0.15) is 6.23 Å². The summed E-state index contributed by atoms with van der Waals surface area (Å²) < 4.78 is 6.08. The van der Waals surface area contributed by atoms with E-state index in [1.807, 2.05) is 13.8 Å². The van der Waals surface area contributed by atoms with Crippen molar-refractivity contribution in [3.8, 4) is 0 Å². The van der Waals surface area contributed by atoms with E-state index in [1.54, 1.807) is 0 Å². The second-order valence-corrected chi connectivity index (χ2v) is 9.11. The Morgan fingerprint density at radius 2 is 2.07 bits per heavy atom. The Balaban J connectivity index is 1.28. The maximum atomic E-state index is 12.8. The van der Waals surface area contributed by atoms with Crippen LogP contribution in [0.5, 0.6) is 0 Å². The van der Waals surface area contributed by atoms with Crippen molar-refractivity contribution in [3.05, 3.63) is 0 Å². The van der Waals surface area contributed by atoms with Gasteiger partial charge in [0.25, 0.3) is 0 Å². The average Bonchev–Trinajstić information content (AvgIpc) is 3.28. The topological polar surface area (TPSA) is 91.9 Å². The Kier molecular flexibility index (Phi) is 6.04. The number of aliphatic hydroxyl groups is 1. The van der Waals surface area contributed by atoms with Crippen LogP contribution in [-0.4, -0.2) is 48.3 Å². The summed E-state index contributed by atoms with van der Waals surface area (Å²) in [6.07, 6.45) is 7.16. The molecule has 1 amide bonds. The fraction of sp³-hybridized carbons (Fsp3) is 0.950. The molecule has 7 unspecified atom stereocenters. The Labute approximate surface area is 161 Å². The van der Waals surface area contributed by atoms with Crippen LogP contribution < -0.4 is 16.1 Å². The van der Waals surface area contributed by atoms with Crippen molar-refractivity contribution in [1.29, 1.82) is 0 Å². The highest BCUT2D eigenvalue weighted by Crippen LogP contribution is 2.39. The normalized spacial score (nSPS) is 46.0. The van der Waals surface area contributed by atoms with Crippen LogP contribution in [0.4, 0.5) is 0 Å². The van der Waals surface area contributed by atoms with Gasteiger partial charge in [0, 0.05) is 11.8 Å². The van der Waals surface area contributed by atoms with Crippen LogP contribution in [0.1, 0.15) is 58.8 Å². The largest absolute Gasteiger partial charge is 0.393 e. The van der Waals surface area contributed by atoms with Crippen LogP contribution in [0.2, 0.25) is 0 Å². The fourth-order valence-electron chi connectivity index (χ4n) is 5.57. The van der Waals surface area contributed by atoms with E-state index in [0.29, 0.717) is 18.4 Å². The molecule has 27 heavy (non-hydrogen) atoms. The molecule has 4 rings (SSSR count). The van der Waals surface area contributed by atoms with Crippen LogP contribution in [0.25, 0.3) is 0 Å². The highest BCUT2D eigenvalue weighted by Gasteiger charge is 2.45. The minimum absolute atomic E-state index is 0.0410. The molecule has 4 N–H and O–H groups in total. The number of hydrogen-bond acceptors (Lipinski definition) is 6. The SMILES string of the molecule is CC1NC(C2CCC3C(C2)OC[C@H]3NC(=O)C2CCCC([C@H](C)O)C2)NO1. The van der Waals surface area contributed by atoms with Crippen molar-refractivity contribution < 1.29 is 19.5 Å². The third-order valence-electron chi connectivity index (χ3n) is 7.24. The Morgan fingerprint density at radius 3 is 2.81 bits per heavy atom. The predicted octanol–water partition coefficient (Wildman–Crippen LogP) is 1.27. The summed E-state index contributed by atoms with van der Waals surface area (Å²) in [5.41, 5.74) is 3.10. The summed E-state index contributed by atoms with van der Waals surface area (Å²) in [5, 5.41) is 16.6. The summed E-state index contributed by atoms with van der Waals surface area (Å²) in [5.74, 6) is 1.38. The lowest BCUT2D eigenvalue weighted by molar-refractivity contribution is -0.128. The average molecular weight is 382 g/mol. The molecule has 0 spiro atoms. The second-order valence-electron chi connectivity index (χ2n) is 9.11. The summed E-state index contributed by atoms with van der Waals surface area (Å²) in [6.45, 7) is 4.47. The van der Waals surface area contributed by atoms with Gasteiger partial charge in [0.05, 0.1) is 31.0 Å². The fourth-order valence-corrected chi connectivity index (χ4v) is 5.57. The zero-order chi connectivity index (χ0) is 19.0. The number of rotatable bonds is 4. The van der Waals surface area contributed by atoms with Gasteiger partial charge in [-0.05, 0) is 64.2 Å². The van der Waals surface area contributed by atoms with Crippen LogP contribution in [0, 0.1) is 23.7 Å². The van der Waals surface area contributed by atoms with Crippen molar-refractivity contribution in [2.24, 2.45) is 23.7 Å². The summed E-state index contributed by atoms with van der Waals surface area (Å²) in [6, 6.07) is 0.134. The zero-order valence-corrected chi connectivity index (χ0v) is 16.5. The first-order chi connectivity index (χ1) is 13.0. The van der Waals surface area contributed by atoms with E-state index in [-0.39, 0.29) is 48.4 Å². The summed E-state index contributed by atoms with van der Waals surface area (Å²) in [7, 11) is 0. The number of fused-ring (bicyclic) bond motifs is 1. The molecule has 0 aromatic rings. The minimum atomic E-state index is -0.320. The van der Waals surface area contributed by atoms with Gasteiger partial charge in [-0.25, -0.2) is 0 Å². The maximum absolute atomic E-state index is 12.8. The Hall–Kier alpha value is -0.730. The van der Waals surface area contributed by atoms with Crippen molar-refractivity contribution in [2.75, 3.05) is 6.61 Å². The molecule has 0 radical (unpaired) electrons. The van der Waals surface area contributed by atoms with Gasteiger partial charge in [-0.2, -0.15) is 5.48 Å². The lowest BCUT2D eigenvalue weighted by atomic mass is 9.76. The van der Waals surface area contributed by atoms with Crippen molar-refractivity contribution in [2.45, 2.75) is 89.4 Å². The van der Waals surface area contributed by atoms with Crippen LogP contribution in [-0.2, 0) is 14.4 Å². The van der Waals surface area contributed by atoms with E-state index < -0.39 is 0 Å². The van der Waals surface area contributed by atoms with Gasteiger partial charge in [-0.3, -0.25) is 14.9 Å². The molecule has 4 fully saturated rings. The number of hydrogen-bond donors (Lipinski definition) is 4. The first-order valence-electron chi connectivity index (χ1n) is 10.8. The number of nitrogens with one attached hydrogen (secondary N) is 3. The van der Waals surface area contributed by atoms with Crippen LogP contribution >= 0.6 is 0 Å². The molecule has 2 saturated carbocycles. The van der Waals surface area contributed by atoms with Crippen LogP contribution in [0.15, 0.2) is 0 Å². The van der Waals surface area contributed by atoms with E-state index in [0.717, 1.165) is 44.9 Å². The molecule has 2 saturated heterocycles. The molecule has 0 aromatic heterocycles. The molecule has 154 valence electrons. The lowest BCUT2D eigenvalue weighted by Gasteiger charge is -2.36. The first-order valence-corrected chi connectivity index (χ1v) is 10.8. The molecule has 2 aliphatic heterocycles. The highest BCUT2D eigenvalue weighted by molar-refractivity contribution is 5.79. The Morgan fingerprint density at radius 1 is 1.22 bits per heavy atom. The monoisotopic (exact) mass is 381 g/mol. The molecule has 4 aliphatic rings. The third kappa shape index (κ3) is 4.32. The molecule has 0 bridgehead atoms. The molecular formula is C20H35N3O4. The molecule has 2 aliphatic carbocycles. The Bertz CT molecular complexity index is 531. The van der Waals surface area contributed by atoms with E-state index in [4.69, 9.17) is 9.57 Å². The minimum Gasteiger partial charge on any atom is -0.393 e. The van der Waals surface area contributed by atoms with E-state index in [1.165, 1.54) is 0 Å². The second kappa shape index (κ2) is 8.33. The molecule has 9 atom stereocenters. The van der Waals surface area contributed by atoms with Gasteiger partial charge >= 0.3 is 0 Å². The molecule has 0 aromatic carbocycles. The number of ether oxygens (including phenoxy) is 1. The molecule has 7 heteroatoms. The van der Waals surface area contributed by atoms with Crippen molar-refractivity contribution >= 4 is 5.91 Å². The number of amides is 1. The summed E-state index contributed by atoms with van der Waals surface area (Å²) >= 11 is 0. The smallest absolute Gasteiger partial charge is 0.223 e. The molecule has 2 heterocycles. The predicted molar refractivity (Wildman–Crippen MR) is 100 cm³/mol. The quantitative estimate of drug-likeness (QED) is 0.586. The van der Waals surface area contributed by atoms with E-state index >= 15 is 0 Å². The number of hydroxylamine groups is 1. The van der Waals surface area contributed by atoms with Crippen molar-refractivity contribution in [1.82, 2.24) is 16.1 Å². The number of aliphatic hydroxyl groups excluding tert-OH is 1. The van der Waals surface area contributed by atoms with E-state index in [9.17, 15) is 9.90 Å². The zero-order valence-electron chi connectivity index (χ0n) is 16.5. The van der Waals surface area contributed by atoms with Gasteiger partial charge in [0.2, 0.25) is 5.91 Å².